The predicted molar refractivity (Wildman–Crippen MR) is 134 cm³/mol. The van der Waals surface area contributed by atoms with E-state index in [0.29, 0.717) is 12.4 Å². The molecule has 5 rings (SSSR count). The van der Waals surface area contributed by atoms with E-state index in [1.807, 2.05) is 18.2 Å². The molecule has 4 nitrogen and oxygen atoms in total. The fourth-order valence-electron chi connectivity index (χ4n) is 4.57. The Morgan fingerprint density at radius 2 is 1.91 bits per heavy atom. The molecule has 168 valence electrons. The number of aliphatic carboxylic acids is 1. The van der Waals surface area contributed by atoms with Gasteiger partial charge in [-0.15, -0.1) is 11.8 Å². The van der Waals surface area contributed by atoms with Crippen molar-refractivity contribution >= 4 is 29.9 Å². The van der Waals surface area contributed by atoms with Gasteiger partial charge in [-0.1, -0.05) is 42.5 Å². The van der Waals surface area contributed by atoms with Crippen LogP contribution < -0.4 is 4.74 Å². The zero-order valence-electron chi connectivity index (χ0n) is 18.5. The molecule has 1 atom stereocenters. The van der Waals surface area contributed by atoms with Crippen LogP contribution in [0.2, 0.25) is 0 Å². The van der Waals surface area contributed by atoms with Gasteiger partial charge in [-0.25, -0.2) is 0 Å². The molecule has 33 heavy (non-hydrogen) atoms. The highest BCUT2D eigenvalue weighted by atomic mass is 32.2. The number of aromatic nitrogens is 1. The minimum atomic E-state index is -0.768. The summed E-state index contributed by atoms with van der Waals surface area (Å²) in [6.45, 7) is 0.521. The fraction of sp³-hybridized carbons (Fsp3) is 0.286. The molecule has 2 heterocycles. The van der Waals surface area contributed by atoms with E-state index in [0.717, 1.165) is 41.0 Å². The second-order valence-corrected chi connectivity index (χ2v) is 9.77. The summed E-state index contributed by atoms with van der Waals surface area (Å²) in [6.07, 6.45) is 9.02. The number of rotatable bonds is 6. The van der Waals surface area contributed by atoms with Crippen LogP contribution in [0.4, 0.5) is 0 Å². The van der Waals surface area contributed by atoms with Crippen LogP contribution in [0, 0.1) is 0 Å². The van der Waals surface area contributed by atoms with Gasteiger partial charge in [0.1, 0.15) is 12.4 Å². The third kappa shape index (κ3) is 4.98. The topological polar surface area (TPSA) is 59.4 Å². The minimum Gasteiger partial charge on any atom is -0.489 e. The summed E-state index contributed by atoms with van der Waals surface area (Å²) in [5.74, 6) is 0.644. The van der Waals surface area contributed by atoms with Gasteiger partial charge in [0.05, 0.1) is 17.4 Å². The molecule has 0 fully saturated rings. The van der Waals surface area contributed by atoms with E-state index in [-0.39, 0.29) is 11.7 Å². The Kier molecular flexibility index (Phi) is 6.49. The lowest BCUT2D eigenvalue weighted by molar-refractivity contribution is -0.136. The van der Waals surface area contributed by atoms with E-state index >= 15 is 0 Å². The summed E-state index contributed by atoms with van der Waals surface area (Å²) in [5.41, 5.74) is 8.14. The Morgan fingerprint density at radius 1 is 1.03 bits per heavy atom. The van der Waals surface area contributed by atoms with Crippen LogP contribution >= 0.6 is 11.8 Å². The maximum absolute atomic E-state index is 11.1. The maximum atomic E-state index is 11.1. The van der Waals surface area contributed by atoms with Crippen molar-refractivity contribution < 1.29 is 14.6 Å². The molecule has 2 aromatic carbocycles. The van der Waals surface area contributed by atoms with Crippen LogP contribution in [-0.2, 0) is 24.2 Å². The molecule has 2 aliphatic rings. The van der Waals surface area contributed by atoms with Crippen LogP contribution in [0.3, 0.4) is 0 Å². The van der Waals surface area contributed by atoms with Gasteiger partial charge in [0.25, 0.3) is 0 Å². The molecule has 1 unspecified atom stereocenters. The Balaban J connectivity index is 1.45. The standard InChI is InChI=1S/C28H27NO3S/c30-27(31)15-16-33-28-23-7-3-1-6-21(23)18-32-26-14-10-19(17-24(26)28)9-12-22-13-11-20-5-2-4-8-25(20)29-22/h1,3,6-7,9-14,17,28H,2,4-5,8,15-16,18H2,(H,30,31). The first-order chi connectivity index (χ1) is 16.2. The summed E-state index contributed by atoms with van der Waals surface area (Å²) in [6, 6.07) is 18.9. The zero-order valence-corrected chi connectivity index (χ0v) is 19.3. The Labute approximate surface area is 198 Å². The van der Waals surface area contributed by atoms with Gasteiger partial charge in [0.2, 0.25) is 0 Å². The van der Waals surface area contributed by atoms with Crippen molar-refractivity contribution in [3.63, 3.8) is 0 Å². The number of carbonyl (C=O) groups is 1. The van der Waals surface area contributed by atoms with Crippen LogP contribution in [0.1, 0.15) is 63.7 Å². The van der Waals surface area contributed by atoms with Crippen LogP contribution in [0.15, 0.2) is 54.6 Å². The number of hydrogen-bond acceptors (Lipinski definition) is 4. The lowest BCUT2D eigenvalue weighted by atomic mass is 9.96. The number of benzene rings is 2. The molecule has 0 saturated heterocycles. The van der Waals surface area contributed by atoms with Crippen LogP contribution in [0.5, 0.6) is 5.75 Å². The third-order valence-corrected chi connectivity index (χ3v) is 7.56. The number of thioether (sulfide) groups is 1. The number of fused-ring (bicyclic) bond motifs is 3. The number of pyridine rings is 1. The van der Waals surface area contributed by atoms with Crippen molar-refractivity contribution in [2.45, 2.75) is 44.0 Å². The van der Waals surface area contributed by atoms with Crippen molar-refractivity contribution in [2.24, 2.45) is 0 Å². The van der Waals surface area contributed by atoms with Gasteiger partial charge in [0.15, 0.2) is 0 Å². The quantitative estimate of drug-likeness (QED) is 0.469. The molecule has 0 radical (unpaired) electrons. The molecule has 0 bridgehead atoms. The van der Waals surface area contributed by atoms with Crippen molar-refractivity contribution in [3.05, 3.63) is 93.8 Å². The van der Waals surface area contributed by atoms with E-state index in [2.05, 4.69) is 48.6 Å². The third-order valence-electron chi connectivity index (χ3n) is 6.28. The Hall–Kier alpha value is -3.05. The zero-order chi connectivity index (χ0) is 22.6. The highest BCUT2D eigenvalue weighted by Crippen LogP contribution is 2.44. The van der Waals surface area contributed by atoms with Crippen LogP contribution in [-0.4, -0.2) is 21.8 Å². The number of hydrogen-bond donors (Lipinski definition) is 1. The number of nitrogens with zero attached hydrogens (tertiary/aromatic N) is 1. The number of carboxylic acid groups (broad SMARTS) is 1. The van der Waals surface area contributed by atoms with Crippen molar-refractivity contribution in [2.75, 3.05) is 5.75 Å². The summed E-state index contributed by atoms with van der Waals surface area (Å²) < 4.78 is 6.15. The molecule has 0 spiro atoms. The van der Waals surface area contributed by atoms with Gasteiger partial charge >= 0.3 is 5.97 Å². The lowest BCUT2D eigenvalue weighted by Crippen LogP contribution is -2.05. The van der Waals surface area contributed by atoms with Crippen molar-refractivity contribution in [1.82, 2.24) is 4.98 Å². The monoisotopic (exact) mass is 457 g/mol. The van der Waals surface area contributed by atoms with Gasteiger partial charge in [-0.05, 0) is 72.2 Å². The summed E-state index contributed by atoms with van der Waals surface area (Å²) in [7, 11) is 0. The van der Waals surface area contributed by atoms with Crippen molar-refractivity contribution in [1.29, 1.82) is 0 Å². The van der Waals surface area contributed by atoms with E-state index in [4.69, 9.17) is 14.8 Å². The Morgan fingerprint density at radius 3 is 2.82 bits per heavy atom. The highest BCUT2D eigenvalue weighted by Gasteiger charge is 2.25. The Bertz CT molecular complexity index is 1200. The second-order valence-electron chi connectivity index (χ2n) is 8.56. The van der Waals surface area contributed by atoms with Gasteiger partial charge < -0.3 is 9.84 Å². The first kappa shape index (κ1) is 21.8. The summed E-state index contributed by atoms with van der Waals surface area (Å²) in [4.78, 5) is 16.0. The summed E-state index contributed by atoms with van der Waals surface area (Å²) >= 11 is 1.67. The highest BCUT2D eigenvalue weighted by molar-refractivity contribution is 7.99. The largest absolute Gasteiger partial charge is 0.489 e. The molecule has 1 N–H and O–H groups in total. The molecule has 3 aromatic rings. The molecular weight excluding hydrogens is 430 g/mol. The van der Waals surface area contributed by atoms with E-state index in [9.17, 15) is 4.79 Å². The SMILES string of the molecule is O=C(O)CCSC1c2ccccc2COc2ccc(C=Cc3ccc4c(n3)CCCC4)cc21. The second kappa shape index (κ2) is 9.84. The molecule has 5 heteroatoms. The molecule has 1 aromatic heterocycles. The van der Waals surface area contributed by atoms with E-state index in [1.165, 1.54) is 29.7 Å². The lowest BCUT2D eigenvalue weighted by Gasteiger charge is -2.19. The van der Waals surface area contributed by atoms with E-state index in [1.54, 1.807) is 11.8 Å². The van der Waals surface area contributed by atoms with E-state index < -0.39 is 5.97 Å². The predicted octanol–water partition coefficient (Wildman–Crippen LogP) is 6.32. The summed E-state index contributed by atoms with van der Waals surface area (Å²) in [5, 5.41) is 9.17. The number of carboxylic acids is 1. The molecule has 0 saturated carbocycles. The molecule has 1 aliphatic heterocycles. The normalized spacial score (nSPS) is 16.9. The first-order valence-electron chi connectivity index (χ1n) is 11.5. The average Bonchev–Trinajstić information content (AvgIpc) is 2.99. The number of aryl methyl sites for hydroxylation is 2. The van der Waals surface area contributed by atoms with Gasteiger partial charge in [0, 0.05) is 17.0 Å². The first-order valence-corrected chi connectivity index (χ1v) is 12.6. The smallest absolute Gasteiger partial charge is 0.304 e. The molecule has 0 amide bonds. The van der Waals surface area contributed by atoms with Gasteiger partial charge in [-0.3, -0.25) is 9.78 Å². The maximum Gasteiger partial charge on any atom is 0.304 e. The van der Waals surface area contributed by atoms with Crippen molar-refractivity contribution in [3.8, 4) is 5.75 Å². The fourth-order valence-corrected chi connectivity index (χ4v) is 5.87. The van der Waals surface area contributed by atoms with Crippen LogP contribution in [0.25, 0.3) is 12.2 Å². The molecule has 1 aliphatic carbocycles. The van der Waals surface area contributed by atoms with Gasteiger partial charge in [-0.2, -0.15) is 0 Å². The minimum absolute atomic E-state index is 0.0354. The number of ether oxygens (including phenoxy) is 1. The molecular formula is C28H27NO3S. The average molecular weight is 458 g/mol.